The van der Waals surface area contributed by atoms with Crippen molar-refractivity contribution in [2.45, 2.75) is 19.9 Å². The van der Waals surface area contributed by atoms with E-state index in [1.807, 2.05) is 25.1 Å². The number of carbonyl (C=O) groups excluding carboxylic acids is 2. The van der Waals surface area contributed by atoms with E-state index in [1.165, 1.54) is 11.1 Å². The zero-order valence-electron chi connectivity index (χ0n) is 16.2. The molecule has 7 nitrogen and oxygen atoms in total. The molecule has 2 aromatic carbocycles. The minimum atomic E-state index is -0.538. The predicted molar refractivity (Wildman–Crippen MR) is 109 cm³/mol. The van der Waals surface area contributed by atoms with E-state index < -0.39 is 5.97 Å². The quantitative estimate of drug-likeness (QED) is 0.626. The number of esters is 1. The number of carbonyl (C=O) groups is 2. The summed E-state index contributed by atoms with van der Waals surface area (Å²) in [5.41, 5.74) is 4.26. The number of aromatic nitrogens is 3. The van der Waals surface area contributed by atoms with E-state index in [1.54, 1.807) is 27.8 Å². The lowest BCUT2D eigenvalue weighted by Crippen LogP contribution is -2.37. The molecule has 29 heavy (non-hydrogen) atoms. The second-order valence-corrected chi connectivity index (χ2v) is 6.87. The molecule has 148 valence electrons. The molecule has 1 aliphatic rings. The lowest BCUT2D eigenvalue weighted by molar-refractivity contribution is -0.134. The SMILES string of the molecule is CCn1nnc2cc(C(=O)OCC(=O)N3CC=C(c4ccccc4)CC3)ccc21. The number of fused-ring (bicyclic) bond motifs is 1. The third kappa shape index (κ3) is 4.03. The number of rotatable bonds is 5. The van der Waals surface area contributed by atoms with Gasteiger partial charge in [-0.1, -0.05) is 41.6 Å². The van der Waals surface area contributed by atoms with Crippen LogP contribution in [0.5, 0.6) is 0 Å². The van der Waals surface area contributed by atoms with Crippen molar-refractivity contribution in [3.8, 4) is 0 Å². The summed E-state index contributed by atoms with van der Waals surface area (Å²) in [6, 6.07) is 15.2. The number of amides is 1. The van der Waals surface area contributed by atoms with Gasteiger partial charge in [-0.25, -0.2) is 9.48 Å². The van der Waals surface area contributed by atoms with Crippen LogP contribution in [0.2, 0.25) is 0 Å². The highest BCUT2D eigenvalue weighted by Gasteiger charge is 2.20. The second-order valence-electron chi connectivity index (χ2n) is 6.87. The molecule has 7 heteroatoms. The van der Waals surface area contributed by atoms with Crippen LogP contribution in [0.1, 0.15) is 29.3 Å². The minimum absolute atomic E-state index is 0.195. The molecule has 3 aromatic rings. The molecule has 0 bridgehead atoms. The summed E-state index contributed by atoms with van der Waals surface area (Å²) in [7, 11) is 0. The Kier molecular flexibility index (Phi) is 5.37. The number of hydrogen-bond donors (Lipinski definition) is 0. The lowest BCUT2D eigenvalue weighted by atomic mass is 10.00. The van der Waals surface area contributed by atoms with Crippen molar-refractivity contribution >= 4 is 28.5 Å². The molecular weight excluding hydrogens is 368 g/mol. The Labute approximate surface area is 168 Å². The molecule has 0 radical (unpaired) electrons. The van der Waals surface area contributed by atoms with Crippen molar-refractivity contribution in [3.05, 3.63) is 65.7 Å². The highest BCUT2D eigenvalue weighted by atomic mass is 16.5. The standard InChI is InChI=1S/C22H22N4O3/c1-2-26-20-9-8-18(14-19(20)23-24-26)22(28)29-15-21(27)25-12-10-17(11-13-25)16-6-4-3-5-7-16/h3-10,14H,2,11-13,15H2,1H3. The maximum atomic E-state index is 12.4. The van der Waals surface area contributed by atoms with Crippen LogP contribution in [0, 0.1) is 0 Å². The van der Waals surface area contributed by atoms with E-state index in [4.69, 9.17) is 4.74 Å². The number of hydrogen-bond acceptors (Lipinski definition) is 5. The smallest absolute Gasteiger partial charge is 0.338 e. The van der Waals surface area contributed by atoms with Crippen LogP contribution >= 0.6 is 0 Å². The molecule has 0 saturated heterocycles. The Bertz CT molecular complexity index is 1070. The van der Waals surface area contributed by atoms with E-state index in [9.17, 15) is 9.59 Å². The van der Waals surface area contributed by atoms with Gasteiger partial charge in [-0.15, -0.1) is 5.10 Å². The Hall–Kier alpha value is -3.48. The van der Waals surface area contributed by atoms with Crippen LogP contribution in [0.25, 0.3) is 16.6 Å². The van der Waals surface area contributed by atoms with E-state index in [2.05, 4.69) is 28.5 Å². The number of nitrogens with zero attached hydrogens (tertiary/aromatic N) is 4. The third-order valence-electron chi connectivity index (χ3n) is 5.08. The van der Waals surface area contributed by atoms with Crippen molar-refractivity contribution in [3.63, 3.8) is 0 Å². The predicted octanol–water partition coefficient (Wildman–Crippen LogP) is 2.92. The van der Waals surface area contributed by atoms with Gasteiger partial charge in [0, 0.05) is 19.6 Å². The zero-order valence-corrected chi connectivity index (χ0v) is 16.2. The summed E-state index contributed by atoms with van der Waals surface area (Å²) in [5, 5.41) is 8.08. The molecule has 0 atom stereocenters. The van der Waals surface area contributed by atoms with Crippen LogP contribution in [0.3, 0.4) is 0 Å². The number of aryl methyl sites for hydroxylation is 1. The average Bonchev–Trinajstić information content (AvgIpc) is 3.20. The lowest BCUT2D eigenvalue weighted by Gasteiger charge is -2.26. The topological polar surface area (TPSA) is 77.3 Å². The molecule has 0 unspecified atom stereocenters. The molecule has 1 amide bonds. The minimum Gasteiger partial charge on any atom is -0.452 e. The molecular formula is C22H22N4O3. The Morgan fingerprint density at radius 3 is 2.69 bits per heavy atom. The Morgan fingerprint density at radius 1 is 1.14 bits per heavy atom. The van der Waals surface area contributed by atoms with Crippen molar-refractivity contribution in [1.82, 2.24) is 19.9 Å². The van der Waals surface area contributed by atoms with Gasteiger partial charge in [-0.3, -0.25) is 4.79 Å². The molecule has 0 aliphatic carbocycles. The Balaban J connectivity index is 1.34. The number of benzene rings is 2. The highest BCUT2D eigenvalue weighted by molar-refractivity contribution is 5.94. The van der Waals surface area contributed by atoms with Crippen LogP contribution in [0.4, 0.5) is 0 Å². The molecule has 0 fully saturated rings. The summed E-state index contributed by atoms with van der Waals surface area (Å²) in [4.78, 5) is 26.5. The van der Waals surface area contributed by atoms with Crippen molar-refractivity contribution in [2.75, 3.05) is 19.7 Å². The number of ether oxygens (including phenoxy) is 1. The first-order valence-electron chi connectivity index (χ1n) is 9.68. The molecule has 0 N–H and O–H groups in total. The van der Waals surface area contributed by atoms with Crippen LogP contribution in [0.15, 0.2) is 54.6 Å². The van der Waals surface area contributed by atoms with Gasteiger partial charge in [0.05, 0.1) is 11.1 Å². The van der Waals surface area contributed by atoms with Gasteiger partial charge in [0.25, 0.3) is 5.91 Å². The van der Waals surface area contributed by atoms with E-state index in [0.29, 0.717) is 30.7 Å². The second kappa shape index (κ2) is 8.26. The van der Waals surface area contributed by atoms with Gasteiger partial charge < -0.3 is 9.64 Å². The first-order valence-corrected chi connectivity index (χ1v) is 9.68. The van der Waals surface area contributed by atoms with Gasteiger partial charge in [0.1, 0.15) is 5.52 Å². The first kappa shape index (κ1) is 18.9. The van der Waals surface area contributed by atoms with Gasteiger partial charge >= 0.3 is 5.97 Å². The van der Waals surface area contributed by atoms with Crippen molar-refractivity contribution in [1.29, 1.82) is 0 Å². The third-order valence-corrected chi connectivity index (χ3v) is 5.08. The summed E-state index contributed by atoms with van der Waals surface area (Å²) in [6.07, 6.45) is 2.84. The average molecular weight is 390 g/mol. The van der Waals surface area contributed by atoms with Crippen LogP contribution in [-0.2, 0) is 16.1 Å². The van der Waals surface area contributed by atoms with Crippen molar-refractivity contribution in [2.24, 2.45) is 0 Å². The largest absolute Gasteiger partial charge is 0.452 e. The molecule has 4 rings (SSSR count). The fourth-order valence-corrected chi connectivity index (χ4v) is 3.44. The summed E-state index contributed by atoms with van der Waals surface area (Å²) < 4.78 is 6.98. The first-order chi connectivity index (χ1) is 14.2. The monoisotopic (exact) mass is 390 g/mol. The molecule has 1 aliphatic heterocycles. The summed E-state index contributed by atoms with van der Waals surface area (Å²) in [6.45, 7) is 3.54. The van der Waals surface area contributed by atoms with Gasteiger partial charge in [0.15, 0.2) is 6.61 Å². The summed E-state index contributed by atoms with van der Waals surface area (Å²) >= 11 is 0. The fraction of sp³-hybridized carbons (Fsp3) is 0.273. The summed E-state index contributed by atoms with van der Waals surface area (Å²) in [5.74, 6) is -0.733. The Morgan fingerprint density at radius 2 is 1.97 bits per heavy atom. The van der Waals surface area contributed by atoms with E-state index in [-0.39, 0.29) is 12.5 Å². The fourth-order valence-electron chi connectivity index (χ4n) is 3.44. The van der Waals surface area contributed by atoms with E-state index >= 15 is 0 Å². The maximum Gasteiger partial charge on any atom is 0.338 e. The zero-order chi connectivity index (χ0) is 20.2. The maximum absolute atomic E-state index is 12.4. The van der Waals surface area contributed by atoms with Crippen LogP contribution in [-0.4, -0.2) is 51.5 Å². The van der Waals surface area contributed by atoms with Gasteiger partial charge in [0.2, 0.25) is 0 Å². The van der Waals surface area contributed by atoms with E-state index in [0.717, 1.165) is 11.9 Å². The van der Waals surface area contributed by atoms with Crippen molar-refractivity contribution < 1.29 is 14.3 Å². The molecule has 2 heterocycles. The highest BCUT2D eigenvalue weighted by Crippen LogP contribution is 2.22. The van der Waals surface area contributed by atoms with Gasteiger partial charge in [-0.05, 0) is 42.7 Å². The molecule has 0 spiro atoms. The van der Waals surface area contributed by atoms with Gasteiger partial charge in [-0.2, -0.15) is 0 Å². The normalized spacial score (nSPS) is 14.0. The molecule has 0 saturated carbocycles. The molecule has 1 aromatic heterocycles. The van der Waals surface area contributed by atoms with Crippen LogP contribution < -0.4 is 0 Å².